The summed E-state index contributed by atoms with van der Waals surface area (Å²) in [4.78, 5) is 3.13. The van der Waals surface area contributed by atoms with E-state index in [1.54, 1.807) is 0 Å². The van der Waals surface area contributed by atoms with Gasteiger partial charge in [-0.05, 0) is 18.5 Å². The third-order valence-corrected chi connectivity index (χ3v) is 3.63. The van der Waals surface area contributed by atoms with Gasteiger partial charge in [-0.15, -0.1) is 4.36 Å². The van der Waals surface area contributed by atoms with Gasteiger partial charge < -0.3 is 0 Å². The van der Waals surface area contributed by atoms with Crippen LogP contribution >= 0.6 is 0 Å². The first-order valence-electron chi connectivity index (χ1n) is 6.02. The Morgan fingerprint density at radius 1 is 1.61 bits per heavy atom. The van der Waals surface area contributed by atoms with Crippen LogP contribution in [-0.4, -0.2) is 15.4 Å². The molecule has 0 fully saturated rings. The van der Waals surface area contributed by atoms with Gasteiger partial charge in [-0.2, -0.15) is 18.4 Å². The average molecular weight is 284 g/mol. The van der Waals surface area contributed by atoms with Crippen molar-refractivity contribution in [2.45, 2.75) is 18.3 Å². The Kier molecular flexibility index (Phi) is 2.83. The Labute approximate surface area is 107 Å². The van der Waals surface area contributed by atoms with Crippen molar-refractivity contribution in [1.29, 1.82) is 5.26 Å². The van der Waals surface area contributed by atoms with Crippen LogP contribution < -0.4 is 0 Å². The number of halogens is 3. The molecule has 0 aromatic carbocycles. The molecule has 0 bridgehead atoms. The lowest BCUT2D eigenvalue weighted by molar-refractivity contribution is -0.141. The minimum atomic E-state index is -4.67. The largest absolute Gasteiger partial charge is 0.433 e. The number of rotatable bonds is 2. The predicted molar refractivity (Wildman–Crippen MR) is 59.8 cm³/mol. The molecule has 0 saturated carbocycles. The first-order valence-corrected chi connectivity index (χ1v) is 6.50. The molecule has 0 radical (unpaired) electrons. The summed E-state index contributed by atoms with van der Waals surface area (Å²) >= 11 is 0. The molecule has 1 rings (SSSR count). The molecule has 0 N–H and O–H groups in total. The van der Waals surface area contributed by atoms with Gasteiger partial charge in [-0.1, -0.05) is 6.07 Å². The number of pyridine rings is 1. The highest BCUT2D eigenvalue weighted by Gasteiger charge is 2.32. The van der Waals surface area contributed by atoms with Gasteiger partial charge in [0.25, 0.3) is 0 Å². The van der Waals surface area contributed by atoms with Gasteiger partial charge in [-0.3, -0.25) is 4.98 Å². The standard InChI is InChI=1S/C10H10F3N3OS/c1-7(18(2,17)16-6-14)8-3-4-9(15-5-8)10(11,12)13/h3-5,7H,1-2H3/i1+1D3,6+1,14+1,16+1. The van der Waals surface area contributed by atoms with Gasteiger partial charge in [0.1, 0.15) is 5.69 Å². The summed E-state index contributed by atoms with van der Waals surface area (Å²) < 4.78 is 74.7. The zero-order valence-electron chi connectivity index (χ0n) is 12.1. The molecule has 1 aromatic heterocycles. The van der Waals surface area contributed by atoms with Crippen LogP contribution in [0.2, 0.25) is 0 Å². The van der Waals surface area contributed by atoms with E-state index in [0.717, 1.165) is 12.3 Å². The van der Waals surface area contributed by atoms with Crippen LogP contribution in [0.4, 0.5) is 13.2 Å². The SMILES string of the molecule is [2H][13C]([2H])([2H])C(c1ccc(C(F)(F)F)nc1)S(C)(=O)=[15N][13C]#[15N]. The van der Waals surface area contributed by atoms with Crippen molar-refractivity contribution in [1.82, 2.24) is 4.98 Å². The van der Waals surface area contributed by atoms with Crippen molar-refractivity contribution < 1.29 is 21.5 Å². The highest BCUT2D eigenvalue weighted by molar-refractivity contribution is 7.93. The number of nitrogens with zero attached hydrogens (tertiary/aromatic N) is 3. The molecule has 1 aromatic rings. The Balaban J connectivity index is 3.41. The molecule has 2 atom stereocenters. The molecule has 0 spiro atoms. The van der Waals surface area contributed by atoms with Gasteiger partial charge in [0, 0.05) is 16.6 Å². The molecule has 0 amide bonds. The zero-order chi connectivity index (χ0) is 16.5. The fourth-order valence-corrected chi connectivity index (χ4v) is 2.03. The lowest BCUT2D eigenvalue weighted by atomic mass is 10.2. The molecule has 4 nitrogen and oxygen atoms in total. The van der Waals surface area contributed by atoms with Crippen molar-refractivity contribution in [3.8, 4) is 6.19 Å². The van der Waals surface area contributed by atoms with E-state index in [0.29, 0.717) is 12.3 Å². The monoisotopic (exact) mass is 284 g/mol. The normalized spacial score (nSPS) is 19.6. The van der Waals surface area contributed by atoms with Crippen molar-refractivity contribution in [2.24, 2.45) is 4.36 Å². The Bertz CT molecular complexity index is 670. The summed E-state index contributed by atoms with van der Waals surface area (Å²) in [5.41, 5.74) is -1.40. The average Bonchev–Trinajstić information content (AvgIpc) is 2.25. The summed E-state index contributed by atoms with van der Waals surface area (Å²) in [5.74, 6) is 0. The number of hydrogen-bond acceptors (Lipinski definition) is 4. The van der Waals surface area contributed by atoms with Gasteiger partial charge in [0.05, 0.1) is 15.0 Å². The van der Waals surface area contributed by atoms with Crippen LogP contribution in [0, 0.1) is 11.5 Å². The van der Waals surface area contributed by atoms with E-state index >= 15 is 0 Å². The zero-order valence-corrected chi connectivity index (χ0v) is 9.92. The fraction of sp³-hybridized carbons (Fsp3) is 0.400. The van der Waals surface area contributed by atoms with Crippen LogP contribution in [0.5, 0.6) is 0 Å². The van der Waals surface area contributed by atoms with E-state index in [9.17, 15) is 17.4 Å². The molecule has 8 heteroatoms. The highest BCUT2D eigenvalue weighted by atomic mass is 32.2. The van der Waals surface area contributed by atoms with Crippen LogP contribution in [0.15, 0.2) is 22.7 Å². The van der Waals surface area contributed by atoms with E-state index in [-0.39, 0.29) is 5.56 Å². The fourth-order valence-electron chi connectivity index (χ4n) is 1.11. The van der Waals surface area contributed by atoms with Crippen LogP contribution in [0.3, 0.4) is 0 Å². The minimum Gasteiger partial charge on any atom is -0.251 e. The van der Waals surface area contributed by atoms with E-state index in [1.165, 1.54) is 6.19 Å². The molecule has 0 aliphatic carbocycles. The summed E-state index contributed by atoms with van der Waals surface area (Å²) in [5, 5.41) is 6.76. The van der Waals surface area contributed by atoms with Gasteiger partial charge in [0.15, 0.2) is 0 Å². The first-order chi connectivity index (χ1) is 9.39. The number of hydrogen-bond donors (Lipinski definition) is 0. The topological polar surface area (TPSA) is 66.1 Å². The van der Waals surface area contributed by atoms with Gasteiger partial charge >= 0.3 is 6.18 Å². The highest BCUT2D eigenvalue weighted by Crippen LogP contribution is 2.29. The molecule has 1 heterocycles. The Morgan fingerprint density at radius 2 is 2.28 bits per heavy atom. The van der Waals surface area contributed by atoms with Crippen LogP contribution in [-0.2, 0) is 15.9 Å². The Morgan fingerprint density at radius 3 is 2.67 bits per heavy atom. The summed E-state index contributed by atoms with van der Waals surface area (Å²) in [6.07, 6.45) is -1.75. The smallest absolute Gasteiger partial charge is 0.251 e. The summed E-state index contributed by atoms with van der Waals surface area (Å²) in [6, 6.07) is 1.47. The second-order valence-corrected chi connectivity index (χ2v) is 5.78. The maximum Gasteiger partial charge on any atom is 0.433 e. The van der Waals surface area contributed by atoms with Crippen molar-refractivity contribution >= 4 is 9.73 Å². The lowest BCUT2D eigenvalue weighted by Crippen LogP contribution is -2.11. The third kappa shape index (κ3) is 3.20. The van der Waals surface area contributed by atoms with E-state index in [4.69, 9.17) is 9.37 Å². The Hall–Kier alpha value is -1.62. The number of aromatic nitrogens is 1. The summed E-state index contributed by atoms with van der Waals surface area (Å²) in [7, 11) is -3.50. The number of nitriles is 1. The van der Waals surface area contributed by atoms with Gasteiger partial charge in [0.2, 0.25) is 6.19 Å². The van der Waals surface area contributed by atoms with Crippen molar-refractivity contribution in [3.63, 3.8) is 0 Å². The number of alkyl halides is 3. The van der Waals surface area contributed by atoms with Crippen molar-refractivity contribution in [3.05, 3.63) is 29.6 Å². The van der Waals surface area contributed by atoms with Crippen molar-refractivity contribution in [2.75, 3.05) is 6.26 Å². The van der Waals surface area contributed by atoms with E-state index in [2.05, 4.69) is 9.35 Å². The first kappa shape index (κ1) is 10.3. The molecule has 2 unspecified atom stereocenters. The second kappa shape index (κ2) is 4.94. The maximum atomic E-state index is 12.4. The molecular weight excluding hydrogens is 271 g/mol. The maximum absolute atomic E-state index is 12.4. The third-order valence-electron chi connectivity index (χ3n) is 2.04. The molecule has 0 aliphatic rings. The summed E-state index contributed by atoms with van der Waals surface area (Å²) in [6.45, 7) is -2.81. The van der Waals surface area contributed by atoms with E-state index in [1.807, 2.05) is 0 Å². The lowest BCUT2D eigenvalue weighted by Gasteiger charge is -2.13. The quantitative estimate of drug-likeness (QED) is 0.476. The molecule has 0 aliphatic heterocycles. The molecule has 0 saturated heterocycles. The molecule has 98 valence electrons. The van der Waals surface area contributed by atoms with Crippen LogP contribution in [0.1, 0.15) is 27.5 Å². The van der Waals surface area contributed by atoms with Gasteiger partial charge in [-0.25, -0.2) is 4.21 Å². The van der Waals surface area contributed by atoms with E-state index < -0.39 is 33.7 Å². The second-order valence-electron chi connectivity index (χ2n) is 3.41. The van der Waals surface area contributed by atoms with Crippen LogP contribution in [0.25, 0.3) is 0 Å². The predicted octanol–water partition coefficient (Wildman–Crippen LogP) is 2.74. The molecule has 18 heavy (non-hydrogen) atoms. The minimum absolute atomic E-state index is 0.200. The molecular formula is C10H10F3N3OS.